The van der Waals surface area contributed by atoms with Gasteiger partial charge in [0.2, 0.25) is 0 Å². The van der Waals surface area contributed by atoms with Gasteiger partial charge < -0.3 is 16.4 Å². The molecule has 0 bridgehead atoms. The van der Waals surface area contributed by atoms with Gasteiger partial charge in [-0.1, -0.05) is 0 Å². The molecule has 0 atom stereocenters. The molecular formula is H6CeO3. The molecule has 0 aromatic rings. The third kappa shape index (κ3) is 10.5. The van der Waals surface area contributed by atoms with Crippen LogP contribution in [0.2, 0.25) is 0 Å². The largest absolute Gasteiger partial charge is 0.412 e. The predicted molar refractivity (Wildman–Crippen MR) is 10.8 cm³/mol. The van der Waals surface area contributed by atoms with Gasteiger partial charge in [-0.15, -0.1) is 0 Å². The molecule has 0 aliphatic rings. The van der Waals surface area contributed by atoms with Gasteiger partial charge in [0, 0.05) is 41.7 Å². The summed E-state index contributed by atoms with van der Waals surface area (Å²) in [4.78, 5) is 0. The van der Waals surface area contributed by atoms with E-state index in [1.54, 1.807) is 0 Å². The zero-order chi connectivity index (χ0) is 0. The summed E-state index contributed by atoms with van der Waals surface area (Å²) >= 11 is 0. The van der Waals surface area contributed by atoms with Crippen LogP contribution in [0.15, 0.2) is 0 Å². The SMILES string of the molecule is O.O.O.[Ce]. The number of hydrogen-bond acceptors (Lipinski definition) is 0. The molecule has 0 spiro atoms. The van der Waals surface area contributed by atoms with E-state index < -0.39 is 0 Å². The van der Waals surface area contributed by atoms with E-state index in [2.05, 4.69) is 0 Å². The Morgan fingerprint density at radius 1 is 0.500 bits per heavy atom. The number of rotatable bonds is 0. The summed E-state index contributed by atoms with van der Waals surface area (Å²) in [7, 11) is 0. The van der Waals surface area contributed by atoms with Gasteiger partial charge in [0.25, 0.3) is 0 Å². The fraction of sp³-hybridized carbons (Fsp3) is 0. The van der Waals surface area contributed by atoms with Crippen LogP contribution in [0, 0.1) is 41.7 Å². The van der Waals surface area contributed by atoms with E-state index in [0.717, 1.165) is 0 Å². The maximum absolute atomic E-state index is 0. The third-order valence-electron chi connectivity index (χ3n) is 0. The topological polar surface area (TPSA) is 94.5 Å². The van der Waals surface area contributed by atoms with E-state index in [9.17, 15) is 0 Å². The van der Waals surface area contributed by atoms with E-state index in [1.165, 1.54) is 0 Å². The Hall–Kier alpha value is 1.26. The maximum atomic E-state index is 0. The Morgan fingerprint density at radius 3 is 0.500 bits per heavy atom. The van der Waals surface area contributed by atoms with E-state index in [0.29, 0.717) is 0 Å². The van der Waals surface area contributed by atoms with Crippen LogP contribution in [0.1, 0.15) is 0 Å². The number of hydrogen-bond donors (Lipinski definition) is 0. The van der Waals surface area contributed by atoms with Crippen molar-refractivity contribution in [1.29, 1.82) is 0 Å². The van der Waals surface area contributed by atoms with Crippen LogP contribution >= 0.6 is 0 Å². The molecule has 6 N–H and O–H groups in total. The standard InChI is InChI=1S/Ce.3H2O/h;3*1H2. The maximum Gasteiger partial charge on any atom is 0 e. The Kier molecular flexibility index (Phi) is 431. The van der Waals surface area contributed by atoms with Gasteiger partial charge in [-0.05, 0) is 0 Å². The molecule has 0 fully saturated rings. The molecule has 0 rings (SSSR count). The van der Waals surface area contributed by atoms with Gasteiger partial charge in [-0.2, -0.15) is 0 Å². The third-order valence-corrected chi connectivity index (χ3v) is 0. The second-order valence-corrected chi connectivity index (χ2v) is 0. The van der Waals surface area contributed by atoms with Crippen molar-refractivity contribution in [1.82, 2.24) is 0 Å². The molecule has 0 heterocycles. The van der Waals surface area contributed by atoms with Crippen molar-refractivity contribution < 1.29 is 58.2 Å². The fourth-order valence-corrected chi connectivity index (χ4v) is 0. The summed E-state index contributed by atoms with van der Waals surface area (Å²) in [6, 6.07) is 0. The van der Waals surface area contributed by atoms with Gasteiger partial charge in [0.15, 0.2) is 0 Å². The van der Waals surface area contributed by atoms with Crippen LogP contribution in [0.4, 0.5) is 0 Å². The Bertz CT molecular complexity index is 3.25. The van der Waals surface area contributed by atoms with Crippen molar-refractivity contribution in [3.63, 3.8) is 0 Å². The first-order valence-electron chi connectivity index (χ1n) is 0. The summed E-state index contributed by atoms with van der Waals surface area (Å²) in [5.74, 6) is 0. The minimum Gasteiger partial charge on any atom is -0.412 e. The molecule has 4 heteroatoms. The molecule has 4 heavy (non-hydrogen) atoms. The van der Waals surface area contributed by atoms with Gasteiger partial charge in [-0.25, -0.2) is 0 Å². The van der Waals surface area contributed by atoms with E-state index in [4.69, 9.17) is 0 Å². The molecule has 0 amide bonds. The molecule has 0 radical (unpaired) electrons. The summed E-state index contributed by atoms with van der Waals surface area (Å²) in [6.07, 6.45) is 0. The monoisotopic (exact) mass is 194 g/mol. The average molecular weight is 194 g/mol. The van der Waals surface area contributed by atoms with Gasteiger partial charge >= 0.3 is 0 Å². The molecule has 0 saturated heterocycles. The van der Waals surface area contributed by atoms with Crippen molar-refractivity contribution in [2.75, 3.05) is 0 Å². The summed E-state index contributed by atoms with van der Waals surface area (Å²) in [5.41, 5.74) is 0. The summed E-state index contributed by atoms with van der Waals surface area (Å²) in [5, 5.41) is 0. The van der Waals surface area contributed by atoms with Crippen LogP contribution in [0.25, 0.3) is 0 Å². The van der Waals surface area contributed by atoms with E-state index >= 15 is 0 Å². The molecule has 0 aliphatic carbocycles. The molecular weight excluding hydrogens is 188 g/mol. The molecule has 0 saturated carbocycles. The Morgan fingerprint density at radius 2 is 0.500 bits per heavy atom. The van der Waals surface area contributed by atoms with Gasteiger partial charge in [-0.3, -0.25) is 0 Å². The predicted octanol–water partition coefficient (Wildman–Crippen LogP) is -2.47. The Labute approximate surface area is 57.7 Å². The van der Waals surface area contributed by atoms with Crippen LogP contribution in [0.3, 0.4) is 0 Å². The molecule has 0 unspecified atom stereocenters. The zero-order valence-corrected chi connectivity index (χ0v) is 5.14. The minimum absolute atomic E-state index is 0. The Balaban J connectivity index is 0. The van der Waals surface area contributed by atoms with Crippen LogP contribution in [-0.2, 0) is 0 Å². The average Bonchev–Trinajstić information content (AvgIpc) is 0. The molecule has 0 aromatic carbocycles. The van der Waals surface area contributed by atoms with Crippen molar-refractivity contribution in [2.24, 2.45) is 0 Å². The van der Waals surface area contributed by atoms with Crippen LogP contribution in [-0.4, -0.2) is 16.4 Å². The van der Waals surface area contributed by atoms with Crippen molar-refractivity contribution in [3.8, 4) is 0 Å². The van der Waals surface area contributed by atoms with Crippen LogP contribution in [0.5, 0.6) is 0 Å². The first-order chi connectivity index (χ1) is 0. The second kappa shape index (κ2) is 28.6. The summed E-state index contributed by atoms with van der Waals surface area (Å²) < 4.78 is 0. The second-order valence-electron chi connectivity index (χ2n) is 0. The van der Waals surface area contributed by atoms with Gasteiger partial charge in [0.1, 0.15) is 0 Å². The first kappa shape index (κ1) is 60.3. The smallest absolute Gasteiger partial charge is 0 e. The van der Waals surface area contributed by atoms with Crippen molar-refractivity contribution >= 4 is 0 Å². The van der Waals surface area contributed by atoms with Gasteiger partial charge in [0.05, 0.1) is 0 Å². The fourth-order valence-electron chi connectivity index (χ4n) is 0. The summed E-state index contributed by atoms with van der Waals surface area (Å²) in [6.45, 7) is 0. The van der Waals surface area contributed by atoms with Crippen molar-refractivity contribution in [2.45, 2.75) is 0 Å². The zero-order valence-electron chi connectivity index (χ0n) is 2.00. The van der Waals surface area contributed by atoms with E-state index in [-0.39, 0.29) is 58.2 Å². The molecule has 0 aliphatic heterocycles. The van der Waals surface area contributed by atoms with E-state index in [1.807, 2.05) is 0 Å². The first-order valence-corrected chi connectivity index (χ1v) is 0. The molecule has 0 aromatic heterocycles. The molecule has 28 valence electrons. The minimum atomic E-state index is 0. The van der Waals surface area contributed by atoms with Crippen molar-refractivity contribution in [3.05, 3.63) is 0 Å². The quantitative estimate of drug-likeness (QED) is 0.408. The van der Waals surface area contributed by atoms with Crippen LogP contribution < -0.4 is 0 Å². The molecule has 3 nitrogen and oxygen atoms in total. The normalized spacial score (nSPS) is 0.